The van der Waals surface area contributed by atoms with Crippen molar-refractivity contribution in [2.45, 2.75) is 90.9 Å². The SMILES string of the molecule is CCc1c(C(=O)NCc2ccco2)n(C)c2cc(CC)n(CC(=O)c3cccc(C4CC4(NC(=O)c4c(CC)c5c(=O)n(CC(=O)c6ccccc6)c(CC)cc5n4C)c4cccs4)c3)c(=O)c12. The van der Waals surface area contributed by atoms with E-state index in [1.165, 1.54) is 4.57 Å². The van der Waals surface area contributed by atoms with Crippen molar-refractivity contribution in [2.75, 3.05) is 0 Å². The van der Waals surface area contributed by atoms with Crippen LogP contribution in [0, 0.1) is 0 Å². The van der Waals surface area contributed by atoms with Gasteiger partial charge in [-0.3, -0.25) is 28.8 Å². The molecule has 1 saturated carbocycles. The number of pyridine rings is 2. The second-order valence-electron chi connectivity index (χ2n) is 17.5. The van der Waals surface area contributed by atoms with E-state index in [1.807, 2.05) is 81.6 Å². The highest BCUT2D eigenvalue weighted by Gasteiger charge is 2.58. The number of nitrogens with one attached hydrogen (secondary N) is 2. The number of Topliss-reactive ketones (excluding diaryl/α,β-unsaturated/α-hetero) is 2. The van der Waals surface area contributed by atoms with Gasteiger partial charge in [-0.2, -0.15) is 0 Å². The second kappa shape index (κ2) is 18.4. The number of carbonyl (C=O) groups is 4. The lowest BCUT2D eigenvalue weighted by Gasteiger charge is -2.20. The third-order valence-corrected chi connectivity index (χ3v) is 14.8. The van der Waals surface area contributed by atoms with Crippen LogP contribution in [0.3, 0.4) is 0 Å². The van der Waals surface area contributed by atoms with Crippen molar-refractivity contribution in [3.8, 4) is 0 Å². The van der Waals surface area contributed by atoms with Crippen LogP contribution in [0.15, 0.2) is 117 Å². The summed E-state index contributed by atoms with van der Waals surface area (Å²) in [5.74, 6) is -0.626. The zero-order chi connectivity index (χ0) is 48.0. The van der Waals surface area contributed by atoms with Crippen LogP contribution in [0.25, 0.3) is 21.8 Å². The number of furan rings is 1. The van der Waals surface area contributed by atoms with Crippen LogP contribution in [-0.2, 0) is 65.0 Å². The predicted octanol–water partition coefficient (Wildman–Crippen LogP) is 8.41. The van der Waals surface area contributed by atoms with Gasteiger partial charge in [0.25, 0.3) is 22.9 Å². The van der Waals surface area contributed by atoms with Crippen LogP contribution >= 0.6 is 11.3 Å². The van der Waals surface area contributed by atoms with E-state index in [9.17, 15) is 28.8 Å². The van der Waals surface area contributed by atoms with Crippen molar-refractivity contribution in [2.24, 2.45) is 14.1 Å². The minimum atomic E-state index is -0.783. The fourth-order valence-corrected chi connectivity index (χ4v) is 11.1. The van der Waals surface area contributed by atoms with Crippen molar-refractivity contribution < 1.29 is 23.6 Å². The molecular weight excluding hydrogens is 877 g/mol. The summed E-state index contributed by atoms with van der Waals surface area (Å²) in [4.78, 5) is 85.9. The van der Waals surface area contributed by atoms with E-state index in [0.29, 0.717) is 105 Å². The maximum absolute atomic E-state index is 14.8. The number of thiophene rings is 1. The Kier molecular flexibility index (Phi) is 12.4. The van der Waals surface area contributed by atoms with E-state index in [2.05, 4.69) is 10.6 Å². The van der Waals surface area contributed by atoms with Crippen LogP contribution in [0.1, 0.15) is 120 Å². The summed E-state index contributed by atoms with van der Waals surface area (Å²) in [6, 6.07) is 27.7. The first kappa shape index (κ1) is 45.8. The Morgan fingerprint density at radius 2 is 1.26 bits per heavy atom. The number of aromatic nitrogens is 4. The molecule has 0 spiro atoms. The number of fused-ring (bicyclic) bond motifs is 2. The molecule has 6 heterocycles. The molecule has 9 rings (SSSR count). The lowest BCUT2D eigenvalue weighted by Crippen LogP contribution is -2.37. The molecule has 8 aromatic rings. The minimum absolute atomic E-state index is 0.111. The Morgan fingerprint density at radius 3 is 1.81 bits per heavy atom. The number of aryl methyl sites for hydroxylation is 6. The second-order valence-corrected chi connectivity index (χ2v) is 18.5. The molecule has 6 aromatic heterocycles. The largest absolute Gasteiger partial charge is 0.467 e. The Bertz CT molecular complexity index is 3390. The summed E-state index contributed by atoms with van der Waals surface area (Å²) in [5.41, 5.74) is 5.07. The van der Waals surface area contributed by atoms with Crippen molar-refractivity contribution in [1.82, 2.24) is 28.9 Å². The van der Waals surface area contributed by atoms with Gasteiger partial charge in [-0.1, -0.05) is 82.3 Å². The van der Waals surface area contributed by atoms with Gasteiger partial charge < -0.3 is 33.3 Å². The average molecular weight is 931 g/mol. The number of ketones is 2. The predicted molar refractivity (Wildman–Crippen MR) is 264 cm³/mol. The molecule has 0 radical (unpaired) electrons. The molecule has 2 unspecified atom stereocenters. The normalized spacial score (nSPS) is 15.5. The van der Waals surface area contributed by atoms with Crippen LogP contribution < -0.4 is 21.8 Å². The quantitative estimate of drug-likeness (QED) is 0.0868. The summed E-state index contributed by atoms with van der Waals surface area (Å²) in [6.07, 6.45) is 3.97. The van der Waals surface area contributed by atoms with Gasteiger partial charge >= 0.3 is 0 Å². The number of hydrogen-bond acceptors (Lipinski definition) is 8. The number of carbonyl (C=O) groups excluding carboxylic acids is 4. The Balaban J connectivity index is 1.01. The number of rotatable bonds is 17. The number of nitrogens with zero attached hydrogens (tertiary/aromatic N) is 4. The molecule has 1 fully saturated rings. The van der Waals surface area contributed by atoms with Crippen LogP contribution in [0.5, 0.6) is 0 Å². The van der Waals surface area contributed by atoms with E-state index in [-0.39, 0.29) is 60.1 Å². The van der Waals surface area contributed by atoms with E-state index < -0.39 is 5.54 Å². The molecule has 1 aliphatic carbocycles. The molecule has 0 bridgehead atoms. The molecule has 1 aliphatic rings. The highest BCUT2D eigenvalue weighted by molar-refractivity contribution is 7.10. The van der Waals surface area contributed by atoms with Crippen LogP contribution in [-0.4, -0.2) is 41.6 Å². The third kappa shape index (κ3) is 7.85. The van der Waals surface area contributed by atoms with Gasteiger partial charge in [0.15, 0.2) is 11.6 Å². The summed E-state index contributed by atoms with van der Waals surface area (Å²) < 4.78 is 12.0. The van der Waals surface area contributed by atoms with E-state index >= 15 is 0 Å². The number of benzene rings is 2. The van der Waals surface area contributed by atoms with Gasteiger partial charge in [-0.05, 0) is 90.6 Å². The highest BCUT2D eigenvalue weighted by Crippen LogP contribution is 2.60. The van der Waals surface area contributed by atoms with Crippen molar-refractivity contribution in [3.63, 3.8) is 0 Å². The monoisotopic (exact) mass is 930 g/mol. The lowest BCUT2D eigenvalue weighted by molar-refractivity contribution is 0.0917. The third-order valence-electron chi connectivity index (χ3n) is 13.7. The Hall–Kier alpha value is -7.32. The zero-order valence-corrected chi connectivity index (χ0v) is 39.9. The first-order chi connectivity index (χ1) is 32.8. The summed E-state index contributed by atoms with van der Waals surface area (Å²) in [6.45, 7) is 7.60. The fourth-order valence-electron chi connectivity index (χ4n) is 10.2. The Labute approximate surface area is 397 Å². The minimum Gasteiger partial charge on any atom is -0.467 e. The Morgan fingerprint density at radius 1 is 0.676 bits per heavy atom. The average Bonchev–Trinajstić information content (AvgIpc) is 3.88. The molecule has 68 heavy (non-hydrogen) atoms. The molecule has 13 nitrogen and oxygen atoms in total. The molecule has 0 aliphatic heterocycles. The maximum Gasteiger partial charge on any atom is 0.268 e. The zero-order valence-electron chi connectivity index (χ0n) is 39.1. The number of hydrogen-bond donors (Lipinski definition) is 2. The smallest absolute Gasteiger partial charge is 0.268 e. The molecule has 2 N–H and O–H groups in total. The highest BCUT2D eigenvalue weighted by atomic mass is 32.1. The van der Waals surface area contributed by atoms with E-state index in [4.69, 9.17) is 4.42 Å². The molecule has 14 heteroatoms. The summed E-state index contributed by atoms with van der Waals surface area (Å²) >= 11 is 1.55. The van der Waals surface area contributed by atoms with Crippen molar-refractivity contribution in [1.29, 1.82) is 0 Å². The van der Waals surface area contributed by atoms with Gasteiger partial charge in [0.1, 0.15) is 17.1 Å². The van der Waals surface area contributed by atoms with Crippen LogP contribution in [0.2, 0.25) is 0 Å². The van der Waals surface area contributed by atoms with Crippen molar-refractivity contribution >= 4 is 56.5 Å². The van der Waals surface area contributed by atoms with E-state index in [1.54, 1.807) is 87.9 Å². The maximum atomic E-state index is 14.8. The molecule has 2 aromatic carbocycles. The first-order valence-electron chi connectivity index (χ1n) is 23.2. The molecule has 348 valence electrons. The first-order valence-corrected chi connectivity index (χ1v) is 24.1. The molecular formula is C54H54N6O7S. The van der Waals surface area contributed by atoms with Gasteiger partial charge in [0, 0.05) is 47.4 Å². The van der Waals surface area contributed by atoms with Gasteiger partial charge in [0.05, 0.1) is 53.2 Å². The van der Waals surface area contributed by atoms with Gasteiger partial charge in [0.2, 0.25) is 0 Å². The molecule has 2 atom stereocenters. The summed E-state index contributed by atoms with van der Waals surface area (Å²) in [5, 5.41) is 9.15. The van der Waals surface area contributed by atoms with Crippen LogP contribution in [0.4, 0.5) is 0 Å². The molecule has 2 amide bonds. The fraction of sp³-hybridized carbons (Fsp3) is 0.296. The van der Waals surface area contributed by atoms with Gasteiger partial charge in [-0.25, -0.2) is 0 Å². The number of amides is 2. The standard InChI is InChI=1S/C54H54N6O7S/c1-7-35-27-42-47(53(66)59(35)30-43(61)32-17-12-11-13-18-32)39(10-4)49(58(42)6)51(64)56-54(45-22-16-24-68-45)28-40(54)33-19-14-20-34(25-33)44(62)31-60-36(8-2)26-41-46(52(60)65)38(9-3)48(57(41)5)50(63)55-29-37-21-15-23-67-37/h11-27,40H,7-10,28-31H2,1-6H3,(H,55,63)(H,56,64). The van der Waals surface area contributed by atoms with Crippen molar-refractivity contribution in [3.05, 3.63) is 185 Å². The molecule has 0 saturated heterocycles. The topological polar surface area (TPSA) is 159 Å². The van der Waals surface area contributed by atoms with E-state index in [0.717, 1.165) is 10.4 Å². The summed E-state index contributed by atoms with van der Waals surface area (Å²) in [7, 11) is 3.58. The van der Waals surface area contributed by atoms with Gasteiger partial charge in [-0.15, -0.1) is 11.3 Å². The lowest BCUT2D eigenvalue weighted by atomic mass is 10.00.